The van der Waals surface area contributed by atoms with Gasteiger partial charge in [-0.2, -0.15) is 0 Å². The molecule has 0 aromatic heterocycles. The zero-order valence-corrected chi connectivity index (χ0v) is 22.8. The van der Waals surface area contributed by atoms with E-state index in [0.717, 1.165) is 10.9 Å². The lowest BCUT2D eigenvalue weighted by Crippen LogP contribution is -2.18. The molecule has 2 aliphatic rings. The Morgan fingerprint density at radius 2 is 1.09 bits per heavy atom. The highest BCUT2D eigenvalue weighted by Gasteiger charge is 2.26. The van der Waals surface area contributed by atoms with Gasteiger partial charge in [-0.15, -0.1) is 0 Å². The van der Waals surface area contributed by atoms with Crippen molar-refractivity contribution in [2.24, 2.45) is 0 Å². The van der Waals surface area contributed by atoms with Crippen LogP contribution in [0.25, 0.3) is 0 Å². The number of aryl methyl sites for hydroxylation is 2. The first kappa shape index (κ1) is 25.4. The fourth-order valence-electron chi connectivity index (χ4n) is 5.98. The molecule has 1 heteroatoms. The number of fused-ring (bicyclic) bond motifs is 2. The predicted octanol–water partition coefficient (Wildman–Crippen LogP) is 9.67. The molecule has 0 atom stereocenters. The van der Waals surface area contributed by atoms with Crippen LogP contribution in [0.1, 0.15) is 137 Å². The molecule has 0 amide bonds. The van der Waals surface area contributed by atoms with Gasteiger partial charge in [0.2, 0.25) is 0 Å². The Labute approximate surface area is 203 Å². The van der Waals surface area contributed by atoms with E-state index in [1.165, 1.54) is 55.2 Å². The minimum absolute atomic E-state index is 0.170. The molecule has 0 N–H and O–H groups in total. The third-order valence-electron chi connectivity index (χ3n) is 7.26. The van der Waals surface area contributed by atoms with Crippen molar-refractivity contribution in [3.63, 3.8) is 0 Å². The highest BCUT2D eigenvalue weighted by molar-refractivity contribution is 6.30. The maximum absolute atomic E-state index is 6.26. The Morgan fingerprint density at radius 3 is 1.44 bits per heavy atom. The van der Waals surface area contributed by atoms with Crippen LogP contribution < -0.4 is 0 Å². The van der Waals surface area contributed by atoms with E-state index in [-0.39, 0.29) is 5.41 Å². The minimum atomic E-state index is 0.170. The lowest BCUT2D eigenvalue weighted by atomic mass is 9.75. The lowest BCUT2D eigenvalue weighted by molar-refractivity contribution is 0.564. The van der Waals surface area contributed by atoms with Crippen LogP contribution in [0.5, 0.6) is 0 Å². The molecule has 0 unspecified atom stereocenters. The van der Waals surface area contributed by atoms with E-state index in [9.17, 15) is 0 Å². The highest BCUT2D eigenvalue weighted by atomic mass is 35.5. The van der Waals surface area contributed by atoms with Crippen molar-refractivity contribution in [3.05, 3.63) is 67.7 Å². The van der Waals surface area contributed by atoms with Gasteiger partial charge in [0.1, 0.15) is 0 Å². The summed E-state index contributed by atoms with van der Waals surface area (Å²) in [5, 5.41) is 0.866. The first-order valence-electron chi connectivity index (χ1n) is 12.9. The fourth-order valence-corrected chi connectivity index (χ4v) is 6.22. The van der Waals surface area contributed by atoms with Crippen LogP contribution in [0, 0.1) is 0 Å². The summed E-state index contributed by atoms with van der Waals surface area (Å²) >= 11 is 6.26. The SMILES string of the molecule is CC(C)c1c2c(cc3c1CCC3)CCC2.CC(C)c1cc(Cl)cc(C(C)C)c1C(C)(C)C. The number of hydrogen-bond acceptors (Lipinski definition) is 0. The monoisotopic (exact) mass is 452 g/mol. The molecule has 0 heterocycles. The molecule has 0 radical (unpaired) electrons. The lowest BCUT2D eigenvalue weighted by Gasteiger charge is -2.30. The molecule has 32 heavy (non-hydrogen) atoms. The van der Waals surface area contributed by atoms with Crippen LogP contribution in [0.3, 0.4) is 0 Å². The maximum Gasteiger partial charge on any atom is 0.0411 e. The fraction of sp³-hybridized carbons (Fsp3) is 0.613. The van der Waals surface area contributed by atoms with Gasteiger partial charge in [-0.1, -0.05) is 80.0 Å². The van der Waals surface area contributed by atoms with Gasteiger partial charge in [-0.25, -0.2) is 0 Å². The Morgan fingerprint density at radius 1 is 0.656 bits per heavy atom. The molecule has 4 rings (SSSR count). The average molecular weight is 453 g/mol. The van der Waals surface area contributed by atoms with Gasteiger partial charge >= 0.3 is 0 Å². The molecular weight excluding hydrogens is 408 g/mol. The zero-order chi connectivity index (χ0) is 23.8. The van der Waals surface area contributed by atoms with Crippen LogP contribution >= 0.6 is 11.6 Å². The van der Waals surface area contributed by atoms with Crippen molar-refractivity contribution in [2.45, 2.75) is 124 Å². The van der Waals surface area contributed by atoms with Gasteiger partial charge in [-0.3, -0.25) is 0 Å². The highest BCUT2D eigenvalue weighted by Crippen LogP contribution is 2.39. The Kier molecular flexibility index (Phi) is 7.86. The summed E-state index contributed by atoms with van der Waals surface area (Å²) in [6.07, 6.45) is 8.13. The van der Waals surface area contributed by atoms with E-state index >= 15 is 0 Å². The Balaban J connectivity index is 0.000000181. The first-order valence-corrected chi connectivity index (χ1v) is 13.3. The van der Waals surface area contributed by atoms with Crippen LogP contribution in [0.2, 0.25) is 5.02 Å². The minimum Gasteiger partial charge on any atom is -0.0843 e. The maximum atomic E-state index is 6.26. The molecule has 0 spiro atoms. The molecule has 0 aliphatic heterocycles. The Bertz CT molecular complexity index is 892. The number of halogens is 1. The van der Waals surface area contributed by atoms with Gasteiger partial charge in [0.25, 0.3) is 0 Å². The second-order valence-electron chi connectivity index (χ2n) is 11.9. The van der Waals surface area contributed by atoms with Crippen molar-refractivity contribution < 1.29 is 0 Å². The number of rotatable bonds is 3. The summed E-state index contributed by atoms with van der Waals surface area (Å²) in [6.45, 7) is 20.6. The smallest absolute Gasteiger partial charge is 0.0411 e. The standard InChI is InChI=1S/C16H25Cl.C15H20/c1-10(2)13-8-12(17)9-14(11(3)4)15(13)16(5,6)7;1-10(2)15-13-7-3-5-11(13)9-12-6-4-8-14(12)15/h8-11H,1-7H3;9-10H,3-8H2,1-2H3. The largest absolute Gasteiger partial charge is 0.0843 e. The average Bonchev–Trinajstić information content (AvgIpc) is 3.33. The first-order chi connectivity index (χ1) is 14.9. The molecule has 0 bridgehead atoms. The van der Waals surface area contributed by atoms with Gasteiger partial charge in [0, 0.05) is 5.02 Å². The van der Waals surface area contributed by atoms with Gasteiger partial charge in [0.15, 0.2) is 0 Å². The van der Waals surface area contributed by atoms with E-state index < -0.39 is 0 Å². The molecule has 0 saturated heterocycles. The van der Waals surface area contributed by atoms with Gasteiger partial charge in [-0.05, 0) is 118 Å². The van der Waals surface area contributed by atoms with Crippen LogP contribution in [0.4, 0.5) is 0 Å². The molecule has 176 valence electrons. The quantitative estimate of drug-likeness (QED) is 0.434. The predicted molar refractivity (Wildman–Crippen MR) is 143 cm³/mol. The van der Waals surface area contributed by atoms with E-state index in [2.05, 4.69) is 80.5 Å². The van der Waals surface area contributed by atoms with E-state index in [1.807, 2.05) is 0 Å². The molecule has 2 aromatic rings. The number of hydrogen-bond donors (Lipinski definition) is 0. The van der Waals surface area contributed by atoms with Crippen molar-refractivity contribution in [1.29, 1.82) is 0 Å². The van der Waals surface area contributed by atoms with Crippen LogP contribution in [-0.2, 0) is 31.1 Å². The Hall–Kier alpha value is -1.27. The topological polar surface area (TPSA) is 0 Å². The van der Waals surface area contributed by atoms with Crippen molar-refractivity contribution in [2.75, 3.05) is 0 Å². The third-order valence-corrected chi connectivity index (χ3v) is 7.47. The van der Waals surface area contributed by atoms with Gasteiger partial charge < -0.3 is 0 Å². The van der Waals surface area contributed by atoms with Crippen LogP contribution in [-0.4, -0.2) is 0 Å². The van der Waals surface area contributed by atoms with Crippen molar-refractivity contribution in [3.8, 4) is 0 Å². The molecule has 0 saturated carbocycles. The van der Waals surface area contributed by atoms with Crippen LogP contribution in [0.15, 0.2) is 18.2 Å². The zero-order valence-electron chi connectivity index (χ0n) is 22.1. The molecular formula is C31H45Cl. The second kappa shape index (κ2) is 9.92. The summed E-state index contributed by atoms with van der Waals surface area (Å²) in [5.74, 6) is 1.76. The molecule has 2 aliphatic carbocycles. The van der Waals surface area contributed by atoms with E-state index in [4.69, 9.17) is 11.6 Å². The third kappa shape index (κ3) is 5.27. The number of benzene rings is 2. The molecule has 2 aromatic carbocycles. The summed E-state index contributed by atoms with van der Waals surface area (Å²) in [6, 6.07) is 6.80. The van der Waals surface area contributed by atoms with E-state index in [0.29, 0.717) is 11.8 Å². The molecule has 0 nitrogen and oxygen atoms in total. The normalized spacial score (nSPS) is 15.3. The van der Waals surface area contributed by atoms with Gasteiger partial charge in [0.05, 0.1) is 0 Å². The summed E-state index contributed by atoms with van der Waals surface area (Å²) in [5.41, 5.74) is 13.0. The van der Waals surface area contributed by atoms with Crippen molar-refractivity contribution in [1.82, 2.24) is 0 Å². The summed E-state index contributed by atoms with van der Waals surface area (Å²) in [4.78, 5) is 0. The summed E-state index contributed by atoms with van der Waals surface area (Å²) < 4.78 is 0. The van der Waals surface area contributed by atoms with E-state index in [1.54, 1.807) is 27.8 Å². The van der Waals surface area contributed by atoms with Crippen molar-refractivity contribution >= 4 is 11.6 Å². The molecule has 0 fully saturated rings. The summed E-state index contributed by atoms with van der Waals surface area (Å²) in [7, 11) is 0. The second-order valence-corrected chi connectivity index (χ2v) is 12.4.